The normalized spacial score (nSPS) is 12.9. The molecular formula is C23H19NO6. The monoisotopic (exact) mass is 405 g/mol. The SMILES string of the molecule is CCC(=O)/C(=C\c1ccc2c(c1)OCO2)C(=O)c1c(O)c2ccccc2n(C)c1=O. The maximum atomic E-state index is 13.3. The van der Waals surface area contributed by atoms with Gasteiger partial charge < -0.3 is 19.1 Å². The van der Waals surface area contributed by atoms with Crippen molar-refractivity contribution in [3.05, 3.63) is 69.5 Å². The number of carbonyl (C=O) groups excluding carboxylic acids is 2. The number of fused-ring (bicyclic) bond motifs is 2. The van der Waals surface area contributed by atoms with Crippen molar-refractivity contribution in [3.8, 4) is 17.2 Å². The van der Waals surface area contributed by atoms with E-state index in [2.05, 4.69) is 0 Å². The summed E-state index contributed by atoms with van der Waals surface area (Å²) in [6.07, 6.45) is 1.47. The van der Waals surface area contributed by atoms with Crippen LogP contribution in [0, 0.1) is 0 Å². The standard InChI is InChI=1S/C23H19NO6/c1-3-17(25)15(10-13-8-9-18-19(11-13)30-12-29-18)22(27)20-21(26)14-6-4-5-7-16(14)24(2)23(20)28/h4-11,26H,3,12H2,1-2H3/b15-10+. The molecule has 1 aliphatic heterocycles. The molecule has 1 N–H and O–H groups in total. The molecule has 2 aromatic carbocycles. The quantitative estimate of drug-likeness (QED) is 0.303. The summed E-state index contributed by atoms with van der Waals surface area (Å²) in [5.74, 6) is -0.610. The highest BCUT2D eigenvalue weighted by Gasteiger charge is 2.27. The number of hydrogen-bond donors (Lipinski definition) is 1. The van der Waals surface area contributed by atoms with E-state index in [1.165, 1.54) is 17.7 Å². The Morgan fingerprint density at radius 3 is 2.63 bits per heavy atom. The summed E-state index contributed by atoms with van der Waals surface area (Å²) in [6, 6.07) is 11.7. The van der Waals surface area contributed by atoms with Gasteiger partial charge in [0.05, 0.1) is 11.1 Å². The Balaban J connectivity index is 1.88. The second kappa shape index (κ2) is 7.51. The van der Waals surface area contributed by atoms with Crippen molar-refractivity contribution < 1.29 is 24.2 Å². The largest absolute Gasteiger partial charge is 0.506 e. The van der Waals surface area contributed by atoms with E-state index in [4.69, 9.17) is 9.47 Å². The van der Waals surface area contributed by atoms with E-state index in [9.17, 15) is 19.5 Å². The average Bonchev–Trinajstić information content (AvgIpc) is 3.23. The number of ether oxygens (including phenoxy) is 2. The van der Waals surface area contributed by atoms with E-state index in [1.807, 2.05) is 0 Å². The van der Waals surface area contributed by atoms with Gasteiger partial charge in [0.2, 0.25) is 12.6 Å². The number of nitrogens with zero attached hydrogens (tertiary/aromatic N) is 1. The first-order valence-corrected chi connectivity index (χ1v) is 9.42. The molecule has 3 aromatic rings. The number of benzene rings is 2. The lowest BCUT2D eigenvalue weighted by Gasteiger charge is -2.12. The Kier molecular flexibility index (Phi) is 4.87. The zero-order valence-corrected chi connectivity index (χ0v) is 16.5. The van der Waals surface area contributed by atoms with E-state index < -0.39 is 28.4 Å². The summed E-state index contributed by atoms with van der Waals surface area (Å²) in [6.45, 7) is 1.73. The molecule has 0 saturated heterocycles. The number of carbonyl (C=O) groups is 2. The molecule has 0 bridgehead atoms. The third kappa shape index (κ3) is 3.14. The number of allylic oxidation sites excluding steroid dienone is 1. The van der Waals surface area contributed by atoms with Gasteiger partial charge in [-0.15, -0.1) is 0 Å². The predicted molar refractivity (Wildman–Crippen MR) is 111 cm³/mol. The number of ketones is 2. The van der Waals surface area contributed by atoms with Crippen molar-refractivity contribution in [1.29, 1.82) is 0 Å². The summed E-state index contributed by atoms with van der Waals surface area (Å²) in [4.78, 5) is 38.8. The van der Waals surface area contributed by atoms with Gasteiger partial charge in [-0.3, -0.25) is 14.4 Å². The molecule has 0 unspecified atom stereocenters. The van der Waals surface area contributed by atoms with E-state index >= 15 is 0 Å². The van der Waals surface area contributed by atoms with Gasteiger partial charge in [-0.05, 0) is 35.9 Å². The van der Waals surface area contributed by atoms with Gasteiger partial charge >= 0.3 is 0 Å². The van der Waals surface area contributed by atoms with Crippen molar-refractivity contribution in [3.63, 3.8) is 0 Å². The number of hydrogen-bond acceptors (Lipinski definition) is 6. The van der Waals surface area contributed by atoms with Gasteiger partial charge in [0.15, 0.2) is 17.3 Å². The van der Waals surface area contributed by atoms with Crippen LogP contribution in [0.5, 0.6) is 17.2 Å². The maximum Gasteiger partial charge on any atom is 0.265 e. The highest BCUT2D eigenvalue weighted by atomic mass is 16.7. The third-order valence-electron chi connectivity index (χ3n) is 5.08. The molecule has 0 atom stereocenters. The van der Waals surface area contributed by atoms with Gasteiger partial charge in [0.1, 0.15) is 11.3 Å². The van der Waals surface area contributed by atoms with Crippen molar-refractivity contribution in [1.82, 2.24) is 4.57 Å². The number of pyridine rings is 1. The molecule has 1 aromatic heterocycles. The Bertz CT molecular complexity index is 1280. The third-order valence-corrected chi connectivity index (χ3v) is 5.08. The van der Waals surface area contributed by atoms with Crippen molar-refractivity contribution >= 4 is 28.5 Å². The van der Waals surface area contributed by atoms with Gasteiger partial charge in [0, 0.05) is 18.9 Å². The van der Waals surface area contributed by atoms with Crippen LogP contribution in [0.25, 0.3) is 17.0 Å². The highest BCUT2D eigenvalue weighted by Crippen LogP contribution is 2.34. The second-order valence-electron chi connectivity index (χ2n) is 6.88. The van der Waals surface area contributed by atoms with Gasteiger partial charge in [-0.25, -0.2) is 0 Å². The number of Topliss-reactive ketones (excluding diaryl/α,β-unsaturated/α-hetero) is 2. The molecule has 7 heteroatoms. The predicted octanol–water partition coefficient (Wildman–Crippen LogP) is 3.22. The number of aromatic nitrogens is 1. The van der Waals surface area contributed by atoms with Crippen LogP contribution >= 0.6 is 0 Å². The van der Waals surface area contributed by atoms with Gasteiger partial charge in [0.25, 0.3) is 5.56 Å². The Morgan fingerprint density at radius 2 is 1.87 bits per heavy atom. The molecular weight excluding hydrogens is 386 g/mol. The van der Waals surface area contributed by atoms with E-state index in [1.54, 1.807) is 49.4 Å². The molecule has 152 valence electrons. The maximum absolute atomic E-state index is 13.3. The molecule has 4 rings (SSSR count). The minimum Gasteiger partial charge on any atom is -0.506 e. The molecule has 0 fully saturated rings. The summed E-state index contributed by atoms with van der Waals surface area (Å²) in [7, 11) is 1.52. The molecule has 30 heavy (non-hydrogen) atoms. The lowest BCUT2D eigenvalue weighted by molar-refractivity contribution is -0.114. The topological polar surface area (TPSA) is 94.8 Å². The zero-order chi connectivity index (χ0) is 21.4. The highest BCUT2D eigenvalue weighted by molar-refractivity contribution is 6.30. The number of aromatic hydroxyl groups is 1. The van der Waals surface area contributed by atoms with Crippen LogP contribution in [-0.2, 0) is 11.8 Å². The Labute approximate surface area is 171 Å². The molecule has 0 spiro atoms. The average molecular weight is 405 g/mol. The molecule has 7 nitrogen and oxygen atoms in total. The minimum atomic E-state index is -0.816. The van der Waals surface area contributed by atoms with Gasteiger partial charge in [-0.1, -0.05) is 25.1 Å². The van der Waals surface area contributed by atoms with Crippen LogP contribution in [0.2, 0.25) is 0 Å². The first kappa shape index (κ1) is 19.4. The van der Waals surface area contributed by atoms with Crippen LogP contribution in [0.1, 0.15) is 29.3 Å². The van der Waals surface area contributed by atoms with Crippen molar-refractivity contribution in [2.75, 3.05) is 6.79 Å². The van der Waals surface area contributed by atoms with E-state index in [0.717, 1.165) is 0 Å². The first-order chi connectivity index (χ1) is 14.4. The Morgan fingerprint density at radius 1 is 1.13 bits per heavy atom. The van der Waals surface area contributed by atoms with Crippen molar-refractivity contribution in [2.24, 2.45) is 7.05 Å². The second-order valence-corrected chi connectivity index (χ2v) is 6.88. The fraction of sp³-hybridized carbons (Fsp3) is 0.174. The first-order valence-electron chi connectivity index (χ1n) is 9.42. The van der Waals surface area contributed by atoms with E-state index in [0.29, 0.717) is 28.0 Å². The van der Waals surface area contributed by atoms with Crippen LogP contribution in [0.3, 0.4) is 0 Å². The van der Waals surface area contributed by atoms with Crippen LogP contribution in [-0.4, -0.2) is 28.0 Å². The van der Waals surface area contributed by atoms with E-state index in [-0.39, 0.29) is 18.8 Å². The molecule has 0 amide bonds. The van der Waals surface area contributed by atoms with Crippen LogP contribution < -0.4 is 15.0 Å². The summed E-state index contributed by atoms with van der Waals surface area (Å²) in [5, 5.41) is 11.1. The van der Waals surface area contributed by atoms with Crippen LogP contribution in [0.4, 0.5) is 0 Å². The van der Waals surface area contributed by atoms with Crippen molar-refractivity contribution in [2.45, 2.75) is 13.3 Å². The molecule has 0 saturated carbocycles. The fourth-order valence-electron chi connectivity index (χ4n) is 3.45. The summed E-state index contributed by atoms with van der Waals surface area (Å²) >= 11 is 0. The zero-order valence-electron chi connectivity index (χ0n) is 16.5. The summed E-state index contributed by atoms with van der Waals surface area (Å²) in [5.41, 5.74) is -0.248. The smallest absolute Gasteiger partial charge is 0.265 e. The molecule has 1 aliphatic rings. The number of rotatable bonds is 5. The molecule has 0 aliphatic carbocycles. The lowest BCUT2D eigenvalue weighted by atomic mass is 9.95. The fourth-order valence-corrected chi connectivity index (χ4v) is 3.45. The number of para-hydroxylation sites is 1. The molecule has 0 radical (unpaired) electrons. The lowest BCUT2D eigenvalue weighted by Crippen LogP contribution is -2.27. The van der Waals surface area contributed by atoms with Crippen LogP contribution in [0.15, 0.2) is 52.8 Å². The minimum absolute atomic E-state index is 0.0663. The number of aryl methyl sites for hydroxylation is 1. The Hall–Kier alpha value is -3.87. The summed E-state index contributed by atoms with van der Waals surface area (Å²) < 4.78 is 11.9. The van der Waals surface area contributed by atoms with Gasteiger partial charge in [-0.2, -0.15) is 0 Å². The molecule has 2 heterocycles.